The predicted octanol–water partition coefficient (Wildman–Crippen LogP) is 8.44. The molecule has 0 radical (unpaired) electrons. The first kappa shape index (κ1) is 45.2. The first-order valence-corrected chi connectivity index (χ1v) is 21.1. The van der Waals surface area contributed by atoms with E-state index in [0.717, 1.165) is 54.1 Å². The van der Waals surface area contributed by atoms with E-state index in [-0.39, 0.29) is 36.7 Å². The SMILES string of the molecule is CC[C@H](C)[C@@H](CN(CC(=O)N[C@@H](CCSC)C(=O)OC)Cc1cccc2ccccc12)NC(=O)Cc1cncn1C/C=C(\C)CC/C=C(\C)CCC=C(C)C. The van der Waals surface area contributed by atoms with Gasteiger partial charge in [-0.15, -0.1) is 0 Å². The summed E-state index contributed by atoms with van der Waals surface area (Å²) < 4.78 is 7.03. The van der Waals surface area contributed by atoms with Gasteiger partial charge in [0.15, 0.2) is 0 Å². The Balaban J connectivity index is 1.72. The standard InChI is InChI=1S/C45H65N5O4S/c1-9-36(6)42(48-43(51)27-39-28-46-32-50(39)25-23-35(5)18-13-17-34(4)16-12-15-33(2)3)30-49(29-38-21-14-20-37-19-10-11-22-40(37)38)31-44(52)47-41(24-26-55-8)45(53)54-7/h10-11,14-15,17,19-23,28,32,36,41-42H,9,12-13,16,18,24-27,29-31H2,1-8H3,(H,47,52)(H,48,51)/b34-17+,35-23+/t36-,41-,42+/m0/s1. The van der Waals surface area contributed by atoms with Gasteiger partial charge in [0, 0.05) is 37.6 Å². The number of imidazole rings is 1. The van der Waals surface area contributed by atoms with Crippen molar-refractivity contribution in [2.45, 2.75) is 112 Å². The first-order valence-electron chi connectivity index (χ1n) is 19.7. The summed E-state index contributed by atoms with van der Waals surface area (Å²) in [5.74, 6) is 0.0615. The van der Waals surface area contributed by atoms with Gasteiger partial charge in [0.2, 0.25) is 11.8 Å². The van der Waals surface area contributed by atoms with Crippen molar-refractivity contribution in [1.82, 2.24) is 25.1 Å². The third-order valence-corrected chi connectivity index (χ3v) is 10.7. The Labute approximate surface area is 334 Å². The molecule has 2 amide bonds. The van der Waals surface area contributed by atoms with E-state index in [4.69, 9.17) is 4.74 Å². The number of nitrogens with zero attached hydrogens (tertiary/aromatic N) is 3. The number of amides is 2. The molecule has 0 saturated carbocycles. The summed E-state index contributed by atoms with van der Waals surface area (Å²) in [7, 11) is 1.34. The monoisotopic (exact) mass is 771 g/mol. The molecular formula is C45H65N5O4S. The molecule has 0 unspecified atom stereocenters. The summed E-state index contributed by atoms with van der Waals surface area (Å²) in [6.45, 7) is 14.6. The van der Waals surface area contributed by atoms with E-state index in [1.54, 1.807) is 24.3 Å². The smallest absolute Gasteiger partial charge is 0.328 e. The van der Waals surface area contributed by atoms with Gasteiger partial charge < -0.3 is 19.9 Å². The van der Waals surface area contributed by atoms with Gasteiger partial charge in [-0.2, -0.15) is 11.8 Å². The number of aromatic nitrogens is 2. The number of fused-ring (bicyclic) bond motifs is 1. The number of rotatable bonds is 24. The zero-order valence-electron chi connectivity index (χ0n) is 34.5. The van der Waals surface area contributed by atoms with Crippen molar-refractivity contribution in [2.24, 2.45) is 5.92 Å². The van der Waals surface area contributed by atoms with Crippen LogP contribution in [0, 0.1) is 5.92 Å². The summed E-state index contributed by atoms with van der Waals surface area (Å²) in [5.41, 5.74) is 6.05. The number of allylic oxidation sites excluding steroid dienone is 6. The largest absolute Gasteiger partial charge is 0.467 e. The van der Waals surface area contributed by atoms with Crippen LogP contribution in [0.4, 0.5) is 0 Å². The zero-order valence-corrected chi connectivity index (χ0v) is 35.3. The van der Waals surface area contributed by atoms with E-state index in [1.165, 1.54) is 23.8 Å². The highest BCUT2D eigenvalue weighted by Crippen LogP contribution is 2.21. The fourth-order valence-corrected chi connectivity index (χ4v) is 7.00. The molecule has 0 aliphatic carbocycles. The van der Waals surface area contributed by atoms with Crippen molar-refractivity contribution in [1.29, 1.82) is 0 Å². The van der Waals surface area contributed by atoms with Crippen molar-refractivity contribution in [2.75, 3.05) is 32.2 Å². The van der Waals surface area contributed by atoms with Crippen molar-refractivity contribution < 1.29 is 19.1 Å². The second-order valence-electron chi connectivity index (χ2n) is 15.0. The van der Waals surface area contributed by atoms with Gasteiger partial charge in [0.25, 0.3) is 0 Å². The van der Waals surface area contributed by atoms with Crippen molar-refractivity contribution in [3.8, 4) is 0 Å². The lowest BCUT2D eigenvalue weighted by Crippen LogP contribution is -2.51. The van der Waals surface area contributed by atoms with E-state index < -0.39 is 12.0 Å². The highest BCUT2D eigenvalue weighted by atomic mass is 32.2. The Morgan fingerprint density at radius 2 is 1.65 bits per heavy atom. The molecule has 3 aromatic rings. The summed E-state index contributed by atoms with van der Waals surface area (Å²) in [6.07, 6.45) is 18.1. The molecule has 0 fully saturated rings. The lowest BCUT2D eigenvalue weighted by atomic mass is 9.97. The van der Waals surface area contributed by atoms with Crippen LogP contribution in [0.3, 0.4) is 0 Å². The van der Waals surface area contributed by atoms with E-state index in [1.807, 2.05) is 29.0 Å². The van der Waals surface area contributed by atoms with Crippen molar-refractivity contribution >= 4 is 40.3 Å². The minimum atomic E-state index is -0.721. The number of carbonyl (C=O) groups excluding carboxylic acids is 3. The molecule has 0 bridgehead atoms. The molecule has 1 heterocycles. The molecule has 2 aromatic carbocycles. The van der Waals surface area contributed by atoms with Crippen LogP contribution >= 0.6 is 11.8 Å². The maximum atomic E-state index is 13.7. The quantitative estimate of drug-likeness (QED) is 0.0696. The van der Waals surface area contributed by atoms with Gasteiger partial charge in [-0.1, -0.05) is 97.7 Å². The Morgan fingerprint density at radius 1 is 0.945 bits per heavy atom. The fraction of sp³-hybridized carbons (Fsp3) is 0.511. The van der Waals surface area contributed by atoms with Gasteiger partial charge in [-0.05, 0) is 94.1 Å². The van der Waals surface area contributed by atoms with E-state index in [9.17, 15) is 14.4 Å². The lowest BCUT2D eigenvalue weighted by molar-refractivity contribution is -0.145. The fourth-order valence-electron chi connectivity index (χ4n) is 6.53. The molecule has 1 aromatic heterocycles. The predicted molar refractivity (Wildman–Crippen MR) is 229 cm³/mol. The lowest BCUT2D eigenvalue weighted by Gasteiger charge is -2.32. The average Bonchev–Trinajstić information content (AvgIpc) is 3.60. The first-order chi connectivity index (χ1) is 26.4. The number of benzene rings is 2. The minimum absolute atomic E-state index is 0.0580. The number of thioether (sulfide) groups is 1. The van der Waals surface area contributed by atoms with Crippen LogP contribution in [-0.4, -0.2) is 76.5 Å². The van der Waals surface area contributed by atoms with E-state index in [0.29, 0.717) is 31.8 Å². The van der Waals surface area contributed by atoms with Crippen LogP contribution < -0.4 is 10.6 Å². The second kappa shape index (κ2) is 24.4. The van der Waals surface area contributed by atoms with Crippen molar-refractivity contribution in [3.63, 3.8) is 0 Å². The second-order valence-corrected chi connectivity index (χ2v) is 16.0. The summed E-state index contributed by atoms with van der Waals surface area (Å²) in [6, 6.07) is 13.5. The molecule has 3 rings (SSSR count). The molecular weight excluding hydrogens is 707 g/mol. The number of carbonyl (C=O) groups is 3. The van der Waals surface area contributed by atoms with Gasteiger partial charge in [0.05, 0.1) is 26.4 Å². The maximum absolute atomic E-state index is 13.7. The molecule has 300 valence electrons. The van der Waals surface area contributed by atoms with Crippen LogP contribution in [0.5, 0.6) is 0 Å². The zero-order chi connectivity index (χ0) is 40.2. The van der Waals surface area contributed by atoms with Crippen LogP contribution in [0.25, 0.3) is 10.8 Å². The number of hydrogen-bond donors (Lipinski definition) is 2. The van der Waals surface area contributed by atoms with E-state index in [2.05, 4.69) is 105 Å². The van der Waals surface area contributed by atoms with Crippen molar-refractivity contribution in [3.05, 3.63) is 101 Å². The molecule has 55 heavy (non-hydrogen) atoms. The Bertz CT molecular complexity index is 1750. The average molecular weight is 772 g/mol. The van der Waals surface area contributed by atoms with Gasteiger partial charge in [-0.25, -0.2) is 9.78 Å². The topological polar surface area (TPSA) is 106 Å². The molecule has 3 atom stereocenters. The third kappa shape index (κ3) is 16.2. The minimum Gasteiger partial charge on any atom is -0.467 e. The van der Waals surface area contributed by atoms with Gasteiger partial charge in [-0.3, -0.25) is 14.5 Å². The van der Waals surface area contributed by atoms with Crippen LogP contribution in [0.2, 0.25) is 0 Å². The van der Waals surface area contributed by atoms with Crippen LogP contribution in [0.1, 0.15) is 91.3 Å². The normalized spacial score (nSPS) is 13.7. The number of methoxy groups -OCH3 is 1. The highest BCUT2D eigenvalue weighted by molar-refractivity contribution is 7.98. The number of ether oxygens (including phenoxy) is 1. The number of nitrogens with one attached hydrogen (secondary N) is 2. The Hall–Kier alpha value is -4.15. The van der Waals surface area contributed by atoms with Gasteiger partial charge >= 0.3 is 5.97 Å². The molecule has 0 aliphatic rings. The number of hydrogen-bond acceptors (Lipinski definition) is 7. The highest BCUT2D eigenvalue weighted by Gasteiger charge is 2.26. The Kier molecular flexibility index (Phi) is 20.1. The molecule has 0 spiro atoms. The molecule has 10 heteroatoms. The molecule has 9 nitrogen and oxygen atoms in total. The summed E-state index contributed by atoms with van der Waals surface area (Å²) >= 11 is 1.61. The van der Waals surface area contributed by atoms with E-state index >= 15 is 0 Å². The number of esters is 1. The molecule has 0 aliphatic heterocycles. The third-order valence-electron chi connectivity index (χ3n) is 10.1. The van der Waals surface area contributed by atoms with Crippen LogP contribution in [-0.2, 0) is 38.6 Å². The summed E-state index contributed by atoms with van der Waals surface area (Å²) in [4.78, 5) is 46.3. The van der Waals surface area contributed by atoms with Gasteiger partial charge in [0.1, 0.15) is 6.04 Å². The summed E-state index contributed by atoms with van der Waals surface area (Å²) in [5, 5.41) is 8.48. The van der Waals surface area contributed by atoms with Crippen LogP contribution in [0.15, 0.2) is 89.9 Å². The molecule has 0 saturated heterocycles. The molecule has 2 N–H and O–H groups in total. The maximum Gasteiger partial charge on any atom is 0.328 e. The Morgan fingerprint density at radius 3 is 2.36 bits per heavy atom.